The molecule has 0 spiro atoms. The van der Waals surface area contributed by atoms with Crippen molar-refractivity contribution in [2.75, 3.05) is 31.6 Å². The molecule has 0 aliphatic carbocycles. The molecule has 5 N–H and O–H groups in total. The molecule has 2 aromatic carbocycles. The van der Waals surface area contributed by atoms with Crippen LogP contribution in [-0.2, 0) is 43.0 Å². The highest BCUT2D eigenvalue weighted by Gasteiger charge is 2.67. The SMILES string of the molecule is C=CCOC(=O)NNC(=O)NN1CCN([C@]2(C(=O)OC(c3ccccc3)c3ccccc3)CN3C(=O)[C@@H](NC(=O)/C(=N\OC(C)(C)C(=O)OC(C)(C)C)c4csc(NC(=O)OC(C)(C)C)n4)[C@H]3S2)C1=O. The van der Waals surface area contributed by atoms with Crippen LogP contribution in [0, 0.1) is 0 Å². The monoisotopic (exact) mass is 1010 g/mol. The Labute approximate surface area is 410 Å². The van der Waals surface area contributed by atoms with Gasteiger partial charge in [-0.1, -0.05) is 90.2 Å². The molecule has 3 saturated heterocycles. The van der Waals surface area contributed by atoms with Gasteiger partial charge in [-0.05, 0) is 66.5 Å². The van der Waals surface area contributed by atoms with E-state index in [-0.39, 0.29) is 30.5 Å². The molecule has 0 bridgehead atoms. The second-order valence-electron chi connectivity index (χ2n) is 18.2. The molecule has 70 heavy (non-hydrogen) atoms. The average Bonchev–Trinajstić information content (AvgIpc) is 4.01. The van der Waals surface area contributed by atoms with Crippen molar-refractivity contribution >= 4 is 81.9 Å². The quantitative estimate of drug-likeness (QED) is 0.0349. The smallest absolute Gasteiger partial charge is 0.426 e. The largest absolute Gasteiger partial charge is 0.457 e. The molecule has 0 radical (unpaired) electrons. The van der Waals surface area contributed by atoms with Crippen molar-refractivity contribution in [3.8, 4) is 0 Å². The van der Waals surface area contributed by atoms with Crippen LogP contribution in [0.5, 0.6) is 0 Å². The molecule has 374 valence electrons. The van der Waals surface area contributed by atoms with E-state index >= 15 is 4.79 Å². The number of oxime groups is 1. The summed E-state index contributed by atoms with van der Waals surface area (Å²) in [6, 6.07) is 14.5. The third-order valence-corrected chi connectivity index (χ3v) is 12.4. The maximum Gasteiger partial charge on any atom is 0.426 e. The number of ether oxygens (including phenoxy) is 4. The van der Waals surface area contributed by atoms with Crippen LogP contribution in [0.15, 0.2) is 83.9 Å². The molecule has 3 aromatic rings. The van der Waals surface area contributed by atoms with Gasteiger partial charge in [0.1, 0.15) is 34.9 Å². The molecular formula is C45H54N10O13S2. The number of nitrogens with one attached hydrogen (secondary N) is 5. The van der Waals surface area contributed by atoms with Gasteiger partial charge in [0.15, 0.2) is 16.9 Å². The van der Waals surface area contributed by atoms with Crippen LogP contribution in [-0.4, -0.2) is 133 Å². The summed E-state index contributed by atoms with van der Waals surface area (Å²) in [4.78, 5) is 119. The van der Waals surface area contributed by atoms with Crippen molar-refractivity contribution in [1.82, 2.24) is 41.4 Å². The third kappa shape index (κ3) is 12.4. The Hall–Kier alpha value is -7.41. The standard InChI is InChI=1S/C45H54N10O13S2/c1-10-23-64-40(62)50-49-37(60)51-55-22-21-54(41(55)63)45(36(59)65-31(26-17-13-11-14-18-26)27-19-15-12-16-20-27)25-53-33(57)30(34(53)70-45)47-32(56)29(52-68-44(8,9)35(58)66-42(2,3)4)28-24-69-38(46-28)48-39(61)67-43(5,6)7/h10-20,24,30-31,34H,1,21-23,25H2,2-9H3,(H,47,56)(H,50,62)(H,46,48,61)(H2,49,51,60)/b52-29-/t30-,34-,45-/m1/s1. The summed E-state index contributed by atoms with van der Waals surface area (Å²) in [5.74, 6) is -3.36. The van der Waals surface area contributed by atoms with E-state index in [0.29, 0.717) is 11.1 Å². The maximum atomic E-state index is 15.0. The Balaban J connectivity index is 1.29. The molecule has 0 saturated carbocycles. The van der Waals surface area contributed by atoms with Gasteiger partial charge in [0.25, 0.3) is 5.91 Å². The van der Waals surface area contributed by atoms with Gasteiger partial charge in [-0.15, -0.1) is 11.3 Å². The normalized spacial score (nSPS) is 19.0. The number of aromatic nitrogens is 1. The number of carbonyl (C=O) groups is 8. The number of thioether (sulfide) groups is 1. The van der Waals surface area contributed by atoms with Crippen molar-refractivity contribution in [3.05, 3.63) is 95.5 Å². The Morgan fingerprint density at radius 3 is 2.11 bits per heavy atom. The van der Waals surface area contributed by atoms with Crippen molar-refractivity contribution in [2.24, 2.45) is 5.16 Å². The van der Waals surface area contributed by atoms with Crippen LogP contribution >= 0.6 is 23.1 Å². The van der Waals surface area contributed by atoms with Crippen LogP contribution in [0.25, 0.3) is 0 Å². The number of carbonyl (C=O) groups excluding carboxylic acids is 8. The van der Waals surface area contributed by atoms with Gasteiger partial charge in [-0.3, -0.25) is 19.8 Å². The molecule has 0 unspecified atom stereocenters. The maximum absolute atomic E-state index is 15.0. The number of esters is 2. The Bertz CT molecular complexity index is 2490. The Morgan fingerprint density at radius 2 is 1.51 bits per heavy atom. The minimum absolute atomic E-state index is 0.0135. The summed E-state index contributed by atoms with van der Waals surface area (Å²) in [5, 5.41) is 10.5. The predicted octanol–water partition coefficient (Wildman–Crippen LogP) is 4.54. The van der Waals surface area contributed by atoms with E-state index in [9.17, 15) is 33.6 Å². The minimum atomic E-state index is -1.97. The van der Waals surface area contributed by atoms with Gasteiger partial charge < -0.3 is 34.0 Å². The number of benzene rings is 2. The first-order valence-corrected chi connectivity index (χ1v) is 23.4. The van der Waals surface area contributed by atoms with Gasteiger partial charge in [0.05, 0.1) is 13.1 Å². The molecule has 23 nitrogen and oxygen atoms in total. The van der Waals surface area contributed by atoms with Crippen LogP contribution in [0.3, 0.4) is 0 Å². The highest BCUT2D eigenvalue weighted by Crippen LogP contribution is 2.51. The number of fused-ring (bicyclic) bond motifs is 1. The average molecular weight is 1010 g/mol. The number of β-lactam (4-membered cyclic amide) rings is 1. The number of rotatable bonds is 15. The number of thiazole rings is 1. The molecule has 3 aliphatic rings. The summed E-state index contributed by atoms with van der Waals surface area (Å²) in [6.45, 7) is 15.3. The van der Waals surface area contributed by atoms with E-state index in [4.69, 9.17) is 23.8 Å². The lowest BCUT2D eigenvalue weighted by atomic mass is 10.0. The zero-order chi connectivity index (χ0) is 51.2. The molecule has 3 atom stereocenters. The fraction of sp³-hybridized carbons (Fsp3) is 0.422. The van der Waals surface area contributed by atoms with Gasteiger partial charge >= 0.3 is 36.2 Å². The molecule has 3 fully saturated rings. The van der Waals surface area contributed by atoms with E-state index in [2.05, 4.69) is 38.2 Å². The lowest BCUT2D eigenvalue weighted by Crippen LogP contribution is -2.68. The molecular weight excluding hydrogens is 953 g/mol. The second-order valence-corrected chi connectivity index (χ2v) is 20.4. The third-order valence-electron chi connectivity index (χ3n) is 9.99. The zero-order valence-corrected chi connectivity index (χ0v) is 41.2. The van der Waals surface area contributed by atoms with Crippen LogP contribution in [0.2, 0.25) is 0 Å². The number of anilines is 1. The van der Waals surface area contributed by atoms with Gasteiger partial charge in [-0.2, -0.15) is 0 Å². The fourth-order valence-electron chi connectivity index (χ4n) is 6.83. The Kier molecular flexibility index (Phi) is 15.6. The number of amides is 8. The topological polar surface area (TPSA) is 278 Å². The number of hydrazine groups is 2. The molecule has 4 heterocycles. The molecule has 3 aliphatic heterocycles. The van der Waals surface area contributed by atoms with Crippen LogP contribution in [0.4, 0.5) is 24.3 Å². The minimum Gasteiger partial charge on any atom is -0.457 e. The first kappa shape index (κ1) is 52.0. The first-order valence-electron chi connectivity index (χ1n) is 21.7. The zero-order valence-electron chi connectivity index (χ0n) is 39.6. The van der Waals surface area contributed by atoms with Crippen molar-refractivity contribution in [2.45, 2.75) is 94.6 Å². The summed E-state index contributed by atoms with van der Waals surface area (Å²) >= 11 is 1.79. The van der Waals surface area contributed by atoms with Crippen LogP contribution < -0.4 is 26.9 Å². The van der Waals surface area contributed by atoms with Crippen molar-refractivity contribution < 1.29 is 62.1 Å². The summed E-state index contributed by atoms with van der Waals surface area (Å²) < 4.78 is 21.9. The predicted molar refractivity (Wildman–Crippen MR) is 253 cm³/mol. The highest BCUT2D eigenvalue weighted by atomic mass is 32.2. The van der Waals surface area contributed by atoms with Crippen molar-refractivity contribution in [3.63, 3.8) is 0 Å². The van der Waals surface area contributed by atoms with E-state index in [1.54, 1.807) is 102 Å². The molecule has 1 aromatic heterocycles. The Morgan fingerprint density at radius 1 is 0.886 bits per heavy atom. The lowest BCUT2D eigenvalue weighted by Gasteiger charge is -2.41. The number of hydrogen-bond donors (Lipinski definition) is 5. The second kappa shape index (κ2) is 21.1. The van der Waals surface area contributed by atoms with E-state index in [0.717, 1.165) is 33.0 Å². The number of hydrogen-bond acceptors (Lipinski definition) is 17. The lowest BCUT2D eigenvalue weighted by molar-refractivity contribution is -0.179. The van der Waals surface area contributed by atoms with Crippen molar-refractivity contribution in [1.29, 1.82) is 0 Å². The van der Waals surface area contributed by atoms with E-state index in [1.807, 2.05) is 5.43 Å². The summed E-state index contributed by atoms with van der Waals surface area (Å²) in [6.07, 6.45) is -1.49. The van der Waals surface area contributed by atoms with E-state index < -0.39 is 99.5 Å². The highest BCUT2D eigenvalue weighted by molar-refractivity contribution is 8.02. The molecule has 25 heteroatoms. The summed E-state index contributed by atoms with van der Waals surface area (Å²) in [5.41, 5.74) is 3.51. The van der Waals surface area contributed by atoms with Gasteiger partial charge in [0, 0.05) is 11.9 Å². The van der Waals surface area contributed by atoms with E-state index in [1.165, 1.54) is 30.2 Å². The number of nitrogens with zero attached hydrogens (tertiary/aromatic N) is 5. The van der Waals surface area contributed by atoms with Gasteiger partial charge in [-0.25, -0.2) is 55.0 Å². The molecule has 8 amide bonds. The first-order chi connectivity index (χ1) is 32.9. The van der Waals surface area contributed by atoms with Crippen LogP contribution in [0.1, 0.15) is 78.3 Å². The summed E-state index contributed by atoms with van der Waals surface area (Å²) in [7, 11) is 0. The molecule has 6 rings (SSSR count). The fourth-order valence-corrected chi connectivity index (χ4v) is 9.19. The van der Waals surface area contributed by atoms with Gasteiger partial charge in [0.2, 0.25) is 16.4 Å². The number of urea groups is 2.